The van der Waals surface area contributed by atoms with Crippen LogP contribution < -0.4 is 10.3 Å². The van der Waals surface area contributed by atoms with Crippen LogP contribution in [0.3, 0.4) is 0 Å². The molecular formula is C19H17F3N2O2. The van der Waals surface area contributed by atoms with E-state index in [9.17, 15) is 18.0 Å². The highest BCUT2D eigenvalue weighted by atomic mass is 19.4. The minimum Gasteiger partial charge on any atom is -0.489 e. The van der Waals surface area contributed by atoms with E-state index in [4.69, 9.17) is 4.74 Å². The quantitative estimate of drug-likeness (QED) is 0.689. The lowest BCUT2D eigenvalue weighted by molar-refractivity contribution is -0.138. The van der Waals surface area contributed by atoms with Crippen molar-refractivity contribution in [2.75, 3.05) is 0 Å². The number of hydrogen-bond donors (Lipinski definition) is 0. The third-order valence-corrected chi connectivity index (χ3v) is 3.90. The zero-order valence-corrected chi connectivity index (χ0v) is 14.5. The van der Waals surface area contributed by atoms with Gasteiger partial charge in [0, 0.05) is 0 Å². The maximum atomic E-state index is 13.3. The Labute approximate surface area is 147 Å². The maximum absolute atomic E-state index is 13.3. The molecule has 1 heterocycles. The summed E-state index contributed by atoms with van der Waals surface area (Å²) in [5.74, 6) is 0.199. The molecule has 7 heteroatoms. The van der Waals surface area contributed by atoms with Gasteiger partial charge in [0.2, 0.25) is 0 Å². The Morgan fingerprint density at radius 1 is 1.15 bits per heavy atom. The van der Waals surface area contributed by atoms with Gasteiger partial charge in [0.1, 0.15) is 12.1 Å². The Morgan fingerprint density at radius 3 is 2.50 bits per heavy atom. The van der Waals surface area contributed by atoms with Crippen LogP contribution in [-0.4, -0.2) is 15.7 Å². The molecule has 3 rings (SSSR count). The molecule has 136 valence electrons. The standard InChI is InChI=1S/C19H17F3N2O2/c1-11(2)26-17-8-12(3)14(19(20,21)22)9-16(17)24-10-23-15-7-5-4-6-13(15)18(24)25/h4-11H,1-3H3. The number of aromatic nitrogens is 2. The van der Waals surface area contributed by atoms with Crippen molar-refractivity contribution in [2.24, 2.45) is 0 Å². The average molecular weight is 362 g/mol. The van der Waals surface area contributed by atoms with E-state index in [1.165, 1.54) is 19.3 Å². The van der Waals surface area contributed by atoms with Gasteiger partial charge in [-0.3, -0.25) is 9.36 Å². The van der Waals surface area contributed by atoms with Gasteiger partial charge in [-0.15, -0.1) is 0 Å². The lowest BCUT2D eigenvalue weighted by atomic mass is 10.1. The van der Waals surface area contributed by atoms with Crippen molar-refractivity contribution in [3.63, 3.8) is 0 Å². The normalized spacial score (nSPS) is 12.0. The molecule has 0 bridgehead atoms. The SMILES string of the molecule is Cc1cc(OC(C)C)c(-n2cnc3ccccc3c2=O)cc1C(F)(F)F. The van der Waals surface area contributed by atoms with E-state index in [0.29, 0.717) is 10.9 Å². The Balaban J connectivity index is 2.32. The van der Waals surface area contributed by atoms with Gasteiger partial charge in [0.15, 0.2) is 0 Å². The Bertz CT molecular complexity index is 1020. The number of para-hydroxylation sites is 1. The topological polar surface area (TPSA) is 44.1 Å². The van der Waals surface area contributed by atoms with Gasteiger partial charge in [-0.2, -0.15) is 13.2 Å². The molecule has 0 atom stereocenters. The molecule has 0 aliphatic heterocycles. The van der Waals surface area contributed by atoms with E-state index in [2.05, 4.69) is 4.98 Å². The number of nitrogens with zero attached hydrogens (tertiary/aromatic N) is 2. The Morgan fingerprint density at radius 2 is 1.85 bits per heavy atom. The average Bonchev–Trinajstić information content (AvgIpc) is 2.54. The number of fused-ring (bicyclic) bond motifs is 1. The summed E-state index contributed by atoms with van der Waals surface area (Å²) in [5.41, 5.74) is -0.758. The maximum Gasteiger partial charge on any atom is 0.416 e. The molecule has 0 saturated heterocycles. The molecule has 4 nitrogen and oxygen atoms in total. The number of ether oxygens (including phenoxy) is 1. The third-order valence-electron chi connectivity index (χ3n) is 3.90. The minimum atomic E-state index is -4.54. The van der Waals surface area contributed by atoms with Crippen LogP contribution >= 0.6 is 0 Å². The molecule has 0 fully saturated rings. The van der Waals surface area contributed by atoms with Gasteiger partial charge in [-0.25, -0.2) is 4.98 Å². The van der Waals surface area contributed by atoms with Gasteiger partial charge in [-0.05, 0) is 50.6 Å². The molecule has 0 unspecified atom stereocenters. The monoisotopic (exact) mass is 362 g/mol. The highest BCUT2D eigenvalue weighted by Gasteiger charge is 2.34. The number of benzene rings is 2. The van der Waals surface area contributed by atoms with Gasteiger partial charge in [0.25, 0.3) is 5.56 Å². The zero-order valence-electron chi connectivity index (χ0n) is 14.5. The highest BCUT2D eigenvalue weighted by molar-refractivity contribution is 5.77. The minimum absolute atomic E-state index is 0.0138. The molecule has 0 aliphatic carbocycles. The lowest BCUT2D eigenvalue weighted by Gasteiger charge is -2.19. The molecule has 1 aromatic heterocycles. The van der Waals surface area contributed by atoms with E-state index in [0.717, 1.165) is 10.6 Å². The second-order valence-corrected chi connectivity index (χ2v) is 6.24. The van der Waals surface area contributed by atoms with Gasteiger partial charge < -0.3 is 4.74 Å². The van der Waals surface area contributed by atoms with Crippen molar-refractivity contribution in [3.05, 3.63) is 64.2 Å². The summed E-state index contributed by atoms with van der Waals surface area (Å²) in [7, 11) is 0. The highest BCUT2D eigenvalue weighted by Crippen LogP contribution is 2.37. The Hall–Kier alpha value is -2.83. The summed E-state index contributed by atoms with van der Waals surface area (Å²) in [6, 6.07) is 8.91. The molecule has 0 saturated carbocycles. The van der Waals surface area contributed by atoms with Gasteiger partial charge in [0.05, 0.1) is 28.3 Å². The summed E-state index contributed by atoms with van der Waals surface area (Å²) >= 11 is 0. The largest absolute Gasteiger partial charge is 0.489 e. The first-order valence-corrected chi connectivity index (χ1v) is 8.03. The van der Waals surface area contributed by atoms with Crippen molar-refractivity contribution >= 4 is 10.9 Å². The molecule has 0 aliphatic rings. The van der Waals surface area contributed by atoms with E-state index in [1.54, 1.807) is 38.1 Å². The lowest BCUT2D eigenvalue weighted by Crippen LogP contribution is -2.21. The predicted molar refractivity (Wildman–Crippen MR) is 92.8 cm³/mol. The van der Waals surface area contributed by atoms with Crippen LogP contribution in [0.1, 0.15) is 25.0 Å². The fourth-order valence-electron chi connectivity index (χ4n) is 2.75. The van der Waals surface area contributed by atoms with Crippen LogP contribution in [0.15, 0.2) is 47.5 Å². The number of alkyl halides is 3. The number of hydrogen-bond acceptors (Lipinski definition) is 3. The number of rotatable bonds is 3. The summed E-state index contributed by atoms with van der Waals surface area (Å²) in [6.07, 6.45) is -3.58. The van der Waals surface area contributed by atoms with Crippen LogP contribution in [0.5, 0.6) is 5.75 Å². The van der Waals surface area contributed by atoms with Crippen molar-refractivity contribution in [1.82, 2.24) is 9.55 Å². The second-order valence-electron chi connectivity index (χ2n) is 6.24. The third kappa shape index (κ3) is 3.29. The fourth-order valence-corrected chi connectivity index (χ4v) is 2.75. The van der Waals surface area contributed by atoms with Crippen molar-refractivity contribution in [3.8, 4) is 11.4 Å². The van der Waals surface area contributed by atoms with Crippen molar-refractivity contribution in [2.45, 2.75) is 33.1 Å². The summed E-state index contributed by atoms with van der Waals surface area (Å²) in [5, 5.41) is 0.319. The molecule has 2 aromatic carbocycles. The van der Waals surface area contributed by atoms with E-state index in [1.807, 2.05) is 0 Å². The van der Waals surface area contributed by atoms with Crippen LogP contribution in [0.2, 0.25) is 0 Å². The number of aryl methyl sites for hydroxylation is 1. The fraction of sp³-hybridized carbons (Fsp3) is 0.263. The summed E-state index contributed by atoms with van der Waals surface area (Å²) in [6.45, 7) is 4.89. The Kier molecular flexibility index (Phi) is 4.48. The van der Waals surface area contributed by atoms with Crippen LogP contribution in [0.25, 0.3) is 16.6 Å². The van der Waals surface area contributed by atoms with Crippen LogP contribution in [0.4, 0.5) is 13.2 Å². The first-order chi connectivity index (χ1) is 12.2. The summed E-state index contributed by atoms with van der Waals surface area (Å²) < 4.78 is 46.8. The first-order valence-electron chi connectivity index (χ1n) is 8.03. The number of halogens is 3. The van der Waals surface area contributed by atoms with E-state index in [-0.39, 0.29) is 23.1 Å². The molecule has 0 amide bonds. The van der Waals surface area contributed by atoms with Crippen molar-refractivity contribution < 1.29 is 17.9 Å². The summed E-state index contributed by atoms with van der Waals surface area (Å²) in [4.78, 5) is 17.0. The smallest absolute Gasteiger partial charge is 0.416 e. The molecule has 26 heavy (non-hydrogen) atoms. The zero-order chi connectivity index (χ0) is 19.1. The predicted octanol–water partition coefficient (Wildman–Crippen LogP) is 4.50. The van der Waals surface area contributed by atoms with E-state index >= 15 is 0 Å². The molecular weight excluding hydrogens is 345 g/mol. The first kappa shape index (κ1) is 18.0. The molecule has 0 spiro atoms. The van der Waals surface area contributed by atoms with Gasteiger partial charge in [-0.1, -0.05) is 12.1 Å². The van der Waals surface area contributed by atoms with E-state index < -0.39 is 17.3 Å². The van der Waals surface area contributed by atoms with Gasteiger partial charge >= 0.3 is 6.18 Å². The second kappa shape index (κ2) is 6.48. The molecule has 0 N–H and O–H groups in total. The van der Waals surface area contributed by atoms with Crippen molar-refractivity contribution in [1.29, 1.82) is 0 Å². The molecule has 0 radical (unpaired) electrons. The van der Waals surface area contributed by atoms with Crippen LogP contribution in [-0.2, 0) is 6.18 Å². The molecule has 3 aromatic rings. The van der Waals surface area contributed by atoms with Crippen LogP contribution in [0, 0.1) is 6.92 Å².